The van der Waals surface area contributed by atoms with Gasteiger partial charge in [-0.3, -0.25) is 9.59 Å². The fourth-order valence-corrected chi connectivity index (χ4v) is 4.68. The van der Waals surface area contributed by atoms with Gasteiger partial charge in [0, 0.05) is 25.9 Å². The van der Waals surface area contributed by atoms with Crippen LogP contribution in [0.1, 0.15) is 45.1 Å². The number of carboxylic acids is 1. The number of piperidine rings is 1. The molecule has 1 amide bonds. The number of likely N-dealkylation sites (tertiary alicyclic amines) is 1. The number of fused-ring (bicyclic) bond motifs is 1. The van der Waals surface area contributed by atoms with Crippen LogP contribution >= 0.6 is 0 Å². The van der Waals surface area contributed by atoms with Gasteiger partial charge in [-0.05, 0) is 26.2 Å². The van der Waals surface area contributed by atoms with Crippen LogP contribution in [0.2, 0.25) is 0 Å². The number of carboxylic acid groups (broad SMARTS) is 1. The fourth-order valence-electron chi connectivity index (χ4n) is 4.68. The van der Waals surface area contributed by atoms with Crippen molar-refractivity contribution < 1.29 is 24.5 Å². The summed E-state index contributed by atoms with van der Waals surface area (Å²) in [7, 11) is 0. The van der Waals surface area contributed by atoms with Crippen molar-refractivity contribution >= 4 is 34.8 Å². The summed E-state index contributed by atoms with van der Waals surface area (Å²) >= 11 is 0. The van der Waals surface area contributed by atoms with Crippen molar-refractivity contribution in [3.05, 3.63) is 6.33 Å². The molecule has 2 fully saturated rings. The molecule has 0 radical (unpaired) electrons. The molecule has 4 rings (SSSR count). The summed E-state index contributed by atoms with van der Waals surface area (Å²) in [5.41, 5.74) is 16.4. The number of anilines is 2. The van der Waals surface area contributed by atoms with Gasteiger partial charge in [0.15, 0.2) is 11.5 Å². The topological polar surface area (TPSA) is 209 Å². The third-order valence-electron chi connectivity index (χ3n) is 6.77. The van der Waals surface area contributed by atoms with E-state index in [9.17, 15) is 14.7 Å². The largest absolute Gasteiger partial charge is 0.480 e. The summed E-state index contributed by atoms with van der Waals surface area (Å²) in [5.74, 6) is -1.04. The van der Waals surface area contributed by atoms with Crippen LogP contribution in [0.3, 0.4) is 0 Å². The highest BCUT2D eigenvalue weighted by atomic mass is 16.5. The molecule has 0 aromatic carbocycles. The number of imidazole rings is 1. The van der Waals surface area contributed by atoms with E-state index >= 15 is 0 Å². The quantitative estimate of drug-likeness (QED) is 0.373. The molecule has 13 heteroatoms. The van der Waals surface area contributed by atoms with E-state index in [-0.39, 0.29) is 37.1 Å². The first-order valence-corrected chi connectivity index (χ1v) is 10.9. The van der Waals surface area contributed by atoms with Crippen LogP contribution in [0.5, 0.6) is 0 Å². The van der Waals surface area contributed by atoms with Crippen molar-refractivity contribution in [3.8, 4) is 0 Å². The standard InChI is InChI=1S/C20H30N8O5/c1-19(32)9-33-20(4-6-27(7-5-20)13(29)3-2-11(21)17(30)31)8-12(19)28-10-24-14-15(22)25-18(23)26-16(14)28/h10-12,32H,2-9,21H2,1H3,(H,30,31)(H4,22,23,25,26)/t11-,12-,19-/m0/s1. The van der Waals surface area contributed by atoms with Gasteiger partial charge in [0.2, 0.25) is 11.9 Å². The summed E-state index contributed by atoms with van der Waals surface area (Å²) in [6, 6.07) is -1.45. The van der Waals surface area contributed by atoms with Crippen molar-refractivity contribution in [2.75, 3.05) is 31.2 Å². The number of hydrogen-bond acceptors (Lipinski definition) is 10. The zero-order valence-electron chi connectivity index (χ0n) is 18.5. The van der Waals surface area contributed by atoms with E-state index in [0.717, 1.165) is 0 Å². The second-order valence-corrected chi connectivity index (χ2v) is 9.20. The van der Waals surface area contributed by atoms with Crippen molar-refractivity contribution in [2.45, 2.75) is 62.3 Å². The average molecular weight is 463 g/mol. The maximum absolute atomic E-state index is 12.5. The Morgan fingerprint density at radius 2 is 2.00 bits per heavy atom. The number of aliphatic carboxylic acids is 1. The molecule has 3 atom stereocenters. The molecule has 0 saturated carbocycles. The Morgan fingerprint density at radius 1 is 1.30 bits per heavy atom. The van der Waals surface area contributed by atoms with Crippen LogP contribution < -0.4 is 17.2 Å². The van der Waals surface area contributed by atoms with Crippen LogP contribution in [-0.2, 0) is 14.3 Å². The van der Waals surface area contributed by atoms with Crippen LogP contribution in [0.15, 0.2) is 6.33 Å². The molecular formula is C20H30N8O5. The predicted molar refractivity (Wildman–Crippen MR) is 118 cm³/mol. The summed E-state index contributed by atoms with van der Waals surface area (Å²) in [6.45, 7) is 2.76. The summed E-state index contributed by atoms with van der Waals surface area (Å²) in [4.78, 5) is 37.6. The van der Waals surface area contributed by atoms with E-state index in [1.54, 1.807) is 22.7 Å². The van der Waals surface area contributed by atoms with Gasteiger partial charge in [-0.1, -0.05) is 0 Å². The van der Waals surface area contributed by atoms with Gasteiger partial charge in [-0.2, -0.15) is 9.97 Å². The number of nitrogen functional groups attached to an aromatic ring is 2. The first kappa shape index (κ1) is 23.1. The predicted octanol–water partition coefficient (Wildman–Crippen LogP) is -0.744. The van der Waals surface area contributed by atoms with Gasteiger partial charge in [0.05, 0.1) is 24.6 Å². The van der Waals surface area contributed by atoms with E-state index < -0.39 is 29.3 Å². The summed E-state index contributed by atoms with van der Waals surface area (Å²) < 4.78 is 7.94. The van der Waals surface area contributed by atoms with Gasteiger partial charge < -0.3 is 41.6 Å². The van der Waals surface area contributed by atoms with E-state index in [2.05, 4.69) is 15.0 Å². The smallest absolute Gasteiger partial charge is 0.320 e. The highest BCUT2D eigenvalue weighted by Crippen LogP contribution is 2.44. The minimum Gasteiger partial charge on any atom is -0.480 e. The third kappa shape index (κ3) is 4.43. The third-order valence-corrected chi connectivity index (χ3v) is 6.77. The van der Waals surface area contributed by atoms with Crippen LogP contribution in [0.25, 0.3) is 11.2 Å². The summed E-state index contributed by atoms with van der Waals surface area (Å²) in [6.07, 6.45) is 3.42. The minimum absolute atomic E-state index is 0.0256. The van der Waals surface area contributed by atoms with Gasteiger partial charge >= 0.3 is 5.97 Å². The molecule has 2 saturated heterocycles. The van der Waals surface area contributed by atoms with Gasteiger partial charge in [-0.25, -0.2) is 4.98 Å². The molecule has 1 spiro atoms. The number of hydrogen-bond donors (Lipinski definition) is 5. The monoisotopic (exact) mass is 462 g/mol. The molecule has 2 aliphatic rings. The van der Waals surface area contributed by atoms with E-state index in [1.165, 1.54) is 0 Å². The second-order valence-electron chi connectivity index (χ2n) is 9.20. The molecule has 8 N–H and O–H groups in total. The maximum atomic E-state index is 12.5. The van der Waals surface area contributed by atoms with E-state index in [4.69, 9.17) is 27.0 Å². The Hall–Kier alpha value is -3.03. The van der Waals surface area contributed by atoms with Crippen LogP contribution in [-0.4, -0.2) is 83.4 Å². The second kappa shape index (κ2) is 8.39. The number of rotatable bonds is 5. The SMILES string of the molecule is C[C@]1(O)COC2(CCN(C(=O)CC[C@H](N)C(=O)O)CC2)C[C@@H]1n1cnc2c(N)nc(N)nc21. The van der Waals surface area contributed by atoms with Crippen molar-refractivity contribution in [2.24, 2.45) is 5.73 Å². The minimum atomic E-state index is -1.19. The van der Waals surface area contributed by atoms with Crippen LogP contribution in [0, 0.1) is 0 Å². The molecule has 180 valence electrons. The Morgan fingerprint density at radius 3 is 2.67 bits per heavy atom. The first-order valence-electron chi connectivity index (χ1n) is 10.9. The lowest BCUT2D eigenvalue weighted by atomic mass is 9.77. The fraction of sp³-hybridized carbons (Fsp3) is 0.650. The molecule has 4 heterocycles. The Balaban J connectivity index is 1.48. The zero-order chi connectivity index (χ0) is 24.0. The molecular weight excluding hydrogens is 432 g/mol. The molecule has 2 aliphatic heterocycles. The number of aromatic nitrogens is 4. The molecule has 33 heavy (non-hydrogen) atoms. The molecule has 0 bridgehead atoms. The number of aliphatic hydroxyl groups is 1. The summed E-state index contributed by atoms with van der Waals surface area (Å²) in [5, 5.41) is 20.0. The van der Waals surface area contributed by atoms with Crippen LogP contribution in [0.4, 0.5) is 11.8 Å². The molecule has 0 unspecified atom stereocenters. The van der Waals surface area contributed by atoms with Gasteiger partial charge in [0.25, 0.3) is 0 Å². The Labute approximate surface area is 189 Å². The number of carbonyl (C=O) groups excluding carboxylic acids is 1. The number of nitrogens with zero attached hydrogens (tertiary/aromatic N) is 5. The molecule has 2 aromatic heterocycles. The van der Waals surface area contributed by atoms with Gasteiger partial charge in [0.1, 0.15) is 17.2 Å². The number of amides is 1. The lowest BCUT2D eigenvalue weighted by molar-refractivity contribution is -0.201. The van der Waals surface area contributed by atoms with E-state index in [0.29, 0.717) is 43.5 Å². The van der Waals surface area contributed by atoms with Gasteiger partial charge in [-0.15, -0.1) is 0 Å². The molecule has 13 nitrogen and oxygen atoms in total. The Kier molecular flexibility index (Phi) is 5.88. The number of carbonyl (C=O) groups is 2. The highest BCUT2D eigenvalue weighted by Gasteiger charge is 2.50. The zero-order valence-corrected chi connectivity index (χ0v) is 18.5. The molecule has 2 aromatic rings. The normalized spacial score (nSPS) is 25.9. The van der Waals surface area contributed by atoms with E-state index in [1.807, 2.05) is 0 Å². The van der Waals surface area contributed by atoms with Crippen molar-refractivity contribution in [1.82, 2.24) is 24.4 Å². The first-order chi connectivity index (χ1) is 15.5. The average Bonchev–Trinajstić information content (AvgIpc) is 3.18. The Bertz CT molecular complexity index is 1060. The van der Waals surface area contributed by atoms with Crippen molar-refractivity contribution in [3.63, 3.8) is 0 Å². The number of nitrogens with two attached hydrogens (primary N) is 3. The highest BCUT2D eigenvalue weighted by molar-refractivity contribution is 5.82. The lowest BCUT2D eigenvalue weighted by Crippen LogP contribution is -2.57. The lowest BCUT2D eigenvalue weighted by Gasteiger charge is -2.51. The maximum Gasteiger partial charge on any atom is 0.320 e. The number of ether oxygens (including phenoxy) is 1. The molecule has 0 aliphatic carbocycles. The van der Waals surface area contributed by atoms with Crippen molar-refractivity contribution in [1.29, 1.82) is 0 Å².